The van der Waals surface area contributed by atoms with Gasteiger partial charge in [-0.1, -0.05) is 23.5 Å². The molecule has 4 aromatic rings. The first-order valence-corrected chi connectivity index (χ1v) is 10.1. The molecule has 1 aliphatic heterocycles. The number of carbonyl (C=O) groups excluding carboxylic acids is 1. The first-order chi connectivity index (χ1) is 13.8. The molecule has 3 heterocycles. The van der Waals surface area contributed by atoms with Crippen LogP contribution in [0.15, 0.2) is 54.9 Å². The summed E-state index contributed by atoms with van der Waals surface area (Å²) < 4.78 is 6.86. The minimum Gasteiger partial charge on any atom is -0.376 e. The van der Waals surface area contributed by atoms with Crippen molar-refractivity contribution in [3.63, 3.8) is 0 Å². The van der Waals surface area contributed by atoms with Crippen molar-refractivity contribution < 1.29 is 9.53 Å². The molecule has 0 saturated carbocycles. The van der Waals surface area contributed by atoms with Gasteiger partial charge >= 0.3 is 0 Å². The number of para-hydroxylation sites is 1. The Morgan fingerprint density at radius 1 is 1.11 bits per heavy atom. The number of benzene rings is 2. The molecule has 140 valence electrons. The number of anilines is 1. The largest absolute Gasteiger partial charge is 0.376 e. The van der Waals surface area contributed by atoms with Gasteiger partial charge < -0.3 is 4.74 Å². The summed E-state index contributed by atoms with van der Waals surface area (Å²) >= 11 is 1.53. The molecule has 1 aliphatic rings. The highest BCUT2D eigenvalue weighted by atomic mass is 32.1. The van der Waals surface area contributed by atoms with Gasteiger partial charge in [0.05, 0.1) is 33.9 Å². The zero-order valence-electron chi connectivity index (χ0n) is 15.1. The minimum atomic E-state index is -0.0953. The maximum Gasteiger partial charge on any atom is 0.260 e. The molecular weight excluding hydrogens is 372 g/mol. The predicted octanol–water partition coefficient (Wildman–Crippen LogP) is 4.07. The number of carbonyl (C=O) groups is 1. The number of nitrogens with zero attached hydrogens (tertiary/aromatic N) is 4. The SMILES string of the molecule is O=C(c1ccc2nccnc2c1)N(CC1CCCO1)c1nc2ccccc2s1. The van der Waals surface area contributed by atoms with Gasteiger partial charge in [-0.15, -0.1) is 0 Å². The van der Waals surface area contributed by atoms with Crippen LogP contribution in [-0.4, -0.2) is 40.1 Å². The van der Waals surface area contributed by atoms with Crippen molar-refractivity contribution in [1.82, 2.24) is 15.0 Å². The average Bonchev–Trinajstić information content (AvgIpc) is 3.40. The van der Waals surface area contributed by atoms with E-state index >= 15 is 0 Å². The van der Waals surface area contributed by atoms with E-state index in [1.807, 2.05) is 30.3 Å². The molecular formula is C21H18N4O2S. The van der Waals surface area contributed by atoms with Gasteiger partial charge in [0.1, 0.15) is 0 Å². The van der Waals surface area contributed by atoms with Gasteiger partial charge in [0.2, 0.25) is 0 Å². The van der Waals surface area contributed by atoms with Gasteiger partial charge in [-0.25, -0.2) is 4.98 Å². The number of rotatable bonds is 4. The standard InChI is InChI=1S/C21H18N4O2S/c26-20(14-7-8-16-18(12-14)23-10-9-22-16)25(13-15-4-3-11-27-15)21-24-17-5-1-2-6-19(17)28-21/h1-2,5-10,12,15H,3-4,11,13H2. The number of thiazole rings is 1. The van der Waals surface area contributed by atoms with Gasteiger partial charge in [0.15, 0.2) is 5.13 Å². The van der Waals surface area contributed by atoms with Crippen LogP contribution in [0.1, 0.15) is 23.2 Å². The molecule has 2 aromatic heterocycles. The van der Waals surface area contributed by atoms with Crippen molar-refractivity contribution in [2.45, 2.75) is 18.9 Å². The van der Waals surface area contributed by atoms with Crippen molar-refractivity contribution in [1.29, 1.82) is 0 Å². The zero-order valence-corrected chi connectivity index (χ0v) is 15.9. The number of amides is 1. The third-order valence-electron chi connectivity index (χ3n) is 4.89. The quantitative estimate of drug-likeness (QED) is 0.525. The molecule has 1 atom stereocenters. The molecule has 28 heavy (non-hydrogen) atoms. The first-order valence-electron chi connectivity index (χ1n) is 9.28. The smallest absolute Gasteiger partial charge is 0.260 e. The summed E-state index contributed by atoms with van der Waals surface area (Å²) in [5.74, 6) is -0.0953. The van der Waals surface area contributed by atoms with E-state index in [9.17, 15) is 4.79 Å². The number of ether oxygens (including phenoxy) is 1. The second-order valence-electron chi connectivity index (χ2n) is 6.77. The third-order valence-corrected chi connectivity index (χ3v) is 5.94. The van der Waals surface area contributed by atoms with E-state index in [1.165, 1.54) is 11.3 Å². The summed E-state index contributed by atoms with van der Waals surface area (Å²) in [4.78, 5) is 28.5. The second-order valence-corrected chi connectivity index (χ2v) is 7.78. The fourth-order valence-electron chi connectivity index (χ4n) is 3.47. The summed E-state index contributed by atoms with van der Waals surface area (Å²) in [5, 5.41) is 0.695. The lowest BCUT2D eigenvalue weighted by molar-refractivity contribution is 0.0917. The zero-order chi connectivity index (χ0) is 18.9. The monoisotopic (exact) mass is 390 g/mol. The van der Waals surface area contributed by atoms with Crippen LogP contribution in [0, 0.1) is 0 Å². The van der Waals surface area contributed by atoms with Gasteiger partial charge in [-0.2, -0.15) is 0 Å². The predicted molar refractivity (Wildman–Crippen MR) is 110 cm³/mol. The molecule has 5 rings (SSSR count). The van der Waals surface area contributed by atoms with Crippen molar-refractivity contribution >= 4 is 43.6 Å². The third kappa shape index (κ3) is 3.23. The summed E-state index contributed by atoms with van der Waals surface area (Å²) in [6.07, 6.45) is 5.30. The highest BCUT2D eigenvalue weighted by Gasteiger charge is 2.27. The van der Waals surface area contributed by atoms with Crippen molar-refractivity contribution in [2.75, 3.05) is 18.1 Å². The Labute approximate surface area is 165 Å². The van der Waals surface area contributed by atoms with Crippen LogP contribution in [0.5, 0.6) is 0 Å². The molecule has 1 amide bonds. The lowest BCUT2D eigenvalue weighted by atomic mass is 10.1. The molecule has 1 unspecified atom stereocenters. The highest BCUT2D eigenvalue weighted by Crippen LogP contribution is 2.31. The Morgan fingerprint density at radius 3 is 2.79 bits per heavy atom. The van der Waals surface area contributed by atoms with E-state index in [0.29, 0.717) is 22.8 Å². The molecule has 1 saturated heterocycles. The van der Waals surface area contributed by atoms with E-state index in [2.05, 4.69) is 9.97 Å². The Bertz CT molecular complexity index is 1120. The number of fused-ring (bicyclic) bond motifs is 2. The second kappa shape index (κ2) is 7.26. The highest BCUT2D eigenvalue weighted by molar-refractivity contribution is 7.22. The van der Waals surface area contributed by atoms with E-state index in [0.717, 1.165) is 35.2 Å². The van der Waals surface area contributed by atoms with E-state index < -0.39 is 0 Å². The summed E-state index contributed by atoms with van der Waals surface area (Å²) in [6, 6.07) is 13.4. The van der Waals surface area contributed by atoms with Gasteiger partial charge in [0, 0.05) is 24.6 Å². The summed E-state index contributed by atoms with van der Waals surface area (Å²) in [5.41, 5.74) is 2.95. The molecule has 0 aliphatic carbocycles. The Hall–Kier alpha value is -2.90. The molecule has 0 bridgehead atoms. The average molecular weight is 390 g/mol. The molecule has 0 radical (unpaired) electrons. The van der Waals surface area contributed by atoms with Gasteiger partial charge in [0.25, 0.3) is 5.91 Å². The van der Waals surface area contributed by atoms with Crippen molar-refractivity contribution in [3.05, 3.63) is 60.4 Å². The van der Waals surface area contributed by atoms with Crippen LogP contribution >= 0.6 is 11.3 Å². The number of hydrogen-bond acceptors (Lipinski definition) is 6. The lowest BCUT2D eigenvalue weighted by Crippen LogP contribution is -2.37. The molecule has 0 spiro atoms. The van der Waals surface area contributed by atoms with Crippen LogP contribution in [0.4, 0.5) is 5.13 Å². The van der Waals surface area contributed by atoms with Crippen LogP contribution in [0.2, 0.25) is 0 Å². The van der Waals surface area contributed by atoms with Crippen LogP contribution in [-0.2, 0) is 4.74 Å². The summed E-state index contributed by atoms with van der Waals surface area (Å²) in [6.45, 7) is 1.25. The minimum absolute atomic E-state index is 0.0382. The molecule has 7 heteroatoms. The van der Waals surface area contributed by atoms with E-state index in [4.69, 9.17) is 9.72 Å². The lowest BCUT2D eigenvalue weighted by Gasteiger charge is -2.23. The van der Waals surface area contributed by atoms with Crippen molar-refractivity contribution in [3.8, 4) is 0 Å². The molecule has 1 fully saturated rings. The maximum absolute atomic E-state index is 13.4. The molecule has 2 aromatic carbocycles. The molecule has 6 nitrogen and oxygen atoms in total. The van der Waals surface area contributed by atoms with Gasteiger partial charge in [-0.05, 0) is 43.2 Å². The topological polar surface area (TPSA) is 68.2 Å². The van der Waals surface area contributed by atoms with Crippen LogP contribution < -0.4 is 4.90 Å². The van der Waals surface area contributed by atoms with Crippen LogP contribution in [0.3, 0.4) is 0 Å². The normalized spacial score (nSPS) is 16.6. The maximum atomic E-state index is 13.4. The Morgan fingerprint density at radius 2 is 1.96 bits per heavy atom. The van der Waals surface area contributed by atoms with Crippen molar-refractivity contribution in [2.24, 2.45) is 0 Å². The fraction of sp³-hybridized carbons (Fsp3) is 0.238. The fourth-order valence-corrected chi connectivity index (χ4v) is 4.44. The Balaban J connectivity index is 1.54. The van der Waals surface area contributed by atoms with E-state index in [-0.39, 0.29) is 12.0 Å². The number of hydrogen-bond donors (Lipinski definition) is 0. The number of aromatic nitrogens is 3. The first kappa shape index (κ1) is 17.2. The van der Waals surface area contributed by atoms with Crippen LogP contribution in [0.25, 0.3) is 21.3 Å². The molecule has 0 N–H and O–H groups in total. The van der Waals surface area contributed by atoms with Gasteiger partial charge in [-0.3, -0.25) is 19.7 Å². The Kier molecular flexibility index (Phi) is 4.46. The summed E-state index contributed by atoms with van der Waals surface area (Å²) in [7, 11) is 0. The van der Waals surface area contributed by atoms with E-state index in [1.54, 1.807) is 29.4 Å².